The van der Waals surface area contributed by atoms with Gasteiger partial charge in [0.1, 0.15) is 0 Å². The predicted molar refractivity (Wildman–Crippen MR) is 56.6 cm³/mol. The molecule has 1 aromatic rings. The molecule has 0 saturated heterocycles. The second kappa shape index (κ2) is 4.46. The van der Waals surface area contributed by atoms with Gasteiger partial charge in [0.25, 0.3) is 0 Å². The van der Waals surface area contributed by atoms with E-state index in [0.717, 1.165) is 10.5 Å². The van der Waals surface area contributed by atoms with Crippen molar-refractivity contribution in [3.8, 4) is 11.5 Å². The number of aryl methyl sites for hydroxylation is 1. The van der Waals surface area contributed by atoms with Crippen LogP contribution in [0.2, 0.25) is 0 Å². The van der Waals surface area contributed by atoms with E-state index in [4.69, 9.17) is 9.47 Å². The van der Waals surface area contributed by atoms with Crippen LogP contribution < -0.4 is 9.47 Å². The molecule has 0 aromatic heterocycles. The van der Waals surface area contributed by atoms with Crippen molar-refractivity contribution in [3.05, 3.63) is 17.7 Å². The first kappa shape index (κ1) is 11.0. The van der Waals surface area contributed by atoms with Gasteiger partial charge in [-0.25, -0.2) is 0 Å². The Bertz CT molecular complexity index is 361. The molecule has 78 valence electrons. The summed E-state index contributed by atoms with van der Waals surface area (Å²) in [4.78, 5) is 0.780. The van der Waals surface area contributed by atoms with E-state index in [2.05, 4.69) is 0 Å². The number of methoxy groups -OCH3 is 2. The molecule has 0 bridgehead atoms. The summed E-state index contributed by atoms with van der Waals surface area (Å²) >= 11 is 0. The molecule has 0 aliphatic carbocycles. The van der Waals surface area contributed by atoms with E-state index < -0.39 is 10.8 Å². The molecule has 0 aliphatic heterocycles. The SMILES string of the molecule is COc1cc(C)c([S@](C)=O)cc1OC. The second-order valence-electron chi connectivity index (χ2n) is 2.93. The van der Waals surface area contributed by atoms with Crippen LogP contribution in [-0.2, 0) is 10.8 Å². The van der Waals surface area contributed by atoms with Crippen molar-refractivity contribution in [2.24, 2.45) is 0 Å². The summed E-state index contributed by atoms with van der Waals surface area (Å²) < 4.78 is 21.6. The van der Waals surface area contributed by atoms with Crippen LogP contribution >= 0.6 is 0 Å². The van der Waals surface area contributed by atoms with Crippen LogP contribution in [0.4, 0.5) is 0 Å². The Morgan fingerprint density at radius 2 is 1.64 bits per heavy atom. The molecule has 3 nitrogen and oxygen atoms in total. The molecular weight excluding hydrogens is 200 g/mol. The zero-order valence-electron chi connectivity index (χ0n) is 8.79. The maximum atomic E-state index is 11.3. The molecule has 0 fully saturated rings. The zero-order valence-corrected chi connectivity index (χ0v) is 9.60. The summed E-state index contributed by atoms with van der Waals surface area (Å²) in [6.07, 6.45) is 1.65. The minimum Gasteiger partial charge on any atom is -0.493 e. The van der Waals surface area contributed by atoms with E-state index in [1.807, 2.05) is 13.0 Å². The van der Waals surface area contributed by atoms with Crippen molar-refractivity contribution in [1.29, 1.82) is 0 Å². The Morgan fingerprint density at radius 1 is 1.14 bits per heavy atom. The molecule has 4 heteroatoms. The van der Waals surface area contributed by atoms with E-state index in [-0.39, 0.29) is 0 Å². The Labute approximate surface area is 86.5 Å². The lowest BCUT2D eigenvalue weighted by Gasteiger charge is -2.10. The van der Waals surface area contributed by atoms with Gasteiger partial charge in [-0.15, -0.1) is 0 Å². The summed E-state index contributed by atoms with van der Waals surface area (Å²) in [7, 11) is 2.15. The third kappa shape index (κ3) is 2.07. The largest absolute Gasteiger partial charge is 0.493 e. The predicted octanol–water partition coefficient (Wildman–Crippen LogP) is 1.75. The van der Waals surface area contributed by atoms with E-state index >= 15 is 0 Å². The topological polar surface area (TPSA) is 35.5 Å². The van der Waals surface area contributed by atoms with Crippen molar-refractivity contribution in [1.82, 2.24) is 0 Å². The average molecular weight is 214 g/mol. The fourth-order valence-corrected chi connectivity index (χ4v) is 2.06. The van der Waals surface area contributed by atoms with E-state index in [1.54, 1.807) is 26.5 Å². The maximum absolute atomic E-state index is 11.3. The van der Waals surface area contributed by atoms with Crippen molar-refractivity contribution < 1.29 is 13.7 Å². The maximum Gasteiger partial charge on any atom is 0.161 e. The van der Waals surface area contributed by atoms with Crippen LogP contribution in [0.15, 0.2) is 17.0 Å². The number of rotatable bonds is 3. The van der Waals surface area contributed by atoms with Crippen molar-refractivity contribution in [2.75, 3.05) is 20.5 Å². The Balaban J connectivity index is 3.30. The second-order valence-corrected chi connectivity index (χ2v) is 4.27. The van der Waals surface area contributed by atoms with Crippen LogP contribution in [0.5, 0.6) is 11.5 Å². The van der Waals surface area contributed by atoms with Crippen LogP contribution in [0.3, 0.4) is 0 Å². The summed E-state index contributed by atoms with van der Waals surface area (Å²) in [6, 6.07) is 3.58. The fourth-order valence-electron chi connectivity index (χ4n) is 1.27. The molecule has 0 spiro atoms. The molecule has 0 heterocycles. The highest BCUT2D eigenvalue weighted by molar-refractivity contribution is 7.84. The first-order valence-electron chi connectivity index (χ1n) is 4.16. The van der Waals surface area contributed by atoms with E-state index in [1.165, 1.54) is 0 Å². The molecule has 0 N–H and O–H groups in total. The van der Waals surface area contributed by atoms with E-state index in [0.29, 0.717) is 11.5 Å². The summed E-state index contributed by atoms with van der Waals surface area (Å²) in [5.74, 6) is 1.28. The van der Waals surface area contributed by atoms with Crippen LogP contribution in [0, 0.1) is 6.92 Å². The molecule has 14 heavy (non-hydrogen) atoms. The first-order valence-corrected chi connectivity index (χ1v) is 5.72. The Hall–Kier alpha value is -1.03. The number of ether oxygens (including phenoxy) is 2. The minimum atomic E-state index is -0.998. The molecule has 1 aromatic carbocycles. The highest BCUT2D eigenvalue weighted by Crippen LogP contribution is 2.31. The Morgan fingerprint density at radius 3 is 2.07 bits per heavy atom. The quantitative estimate of drug-likeness (QED) is 0.769. The molecule has 0 amide bonds. The third-order valence-electron chi connectivity index (χ3n) is 1.99. The standard InChI is InChI=1S/C10H14O3S/c1-7-5-8(12-2)9(13-3)6-10(7)14(4)11/h5-6H,1-4H3/t14-/m0/s1. The lowest BCUT2D eigenvalue weighted by Crippen LogP contribution is -1.96. The average Bonchev–Trinajstić information content (AvgIpc) is 2.16. The summed E-state index contributed by atoms with van der Waals surface area (Å²) in [5, 5.41) is 0. The molecule has 0 unspecified atom stereocenters. The fraction of sp³-hybridized carbons (Fsp3) is 0.400. The summed E-state index contributed by atoms with van der Waals surface area (Å²) in [5.41, 5.74) is 0.948. The van der Waals surface area contributed by atoms with Gasteiger partial charge in [0.05, 0.1) is 25.0 Å². The highest BCUT2D eigenvalue weighted by Gasteiger charge is 2.10. The lowest BCUT2D eigenvalue weighted by atomic mass is 10.2. The molecule has 0 aliphatic rings. The molecule has 1 atom stereocenters. The van der Waals surface area contributed by atoms with Gasteiger partial charge in [0.15, 0.2) is 11.5 Å². The third-order valence-corrected chi connectivity index (χ3v) is 3.05. The minimum absolute atomic E-state index is 0.614. The monoisotopic (exact) mass is 214 g/mol. The smallest absolute Gasteiger partial charge is 0.161 e. The van der Waals surface area contributed by atoms with Crippen LogP contribution in [0.1, 0.15) is 5.56 Å². The van der Waals surface area contributed by atoms with Crippen LogP contribution in [-0.4, -0.2) is 24.7 Å². The number of benzene rings is 1. The zero-order chi connectivity index (χ0) is 10.7. The number of hydrogen-bond donors (Lipinski definition) is 0. The molecule has 0 saturated carbocycles. The normalized spacial score (nSPS) is 12.3. The number of hydrogen-bond acceptors (Lipinski definition) is 3. The van der Waals surface area contributed by atoms with Gasteiger partial charge in [0, 0.05) is 17.2 Å². The Kier molecular flexibility index (Phi) is 3.52. The van der Waals surface area contributed by atoms with Gasteiger partial charge in [-0.1, -0.05) is 0 Å². The van der Waals surface area contributed by atoms with Gasteiger partial charge >= 0.3 is 0 Å². The highest BCUT2D eigenvalue weighted by atomic mass is 32.2. The lowest BCUT2D eigenvalue weighted by molar-refractivity contribution is 0.353. The van der Waals surface area contributed by atoms with Crippen molar-refractivity contribution in [3.63, 3.8) is 0 Å². The molecular formula is C10H14O3S. The van der Waals surface area contributed by atoms with E-state index in [9.17, 15) is 4.21 Å². The van der Waals surface area contributed by atoms with Crippen molar-refractivity contribution >= 4 is 10.8 Å². The van der Waals surface area contributed by atoms with Gasteiger partial charge in [-0.05, 0) is 18.6 Å². The van der Waals surface area contributed by atoms with Gasteiger partial charge in [0.2, 0.25) is 0 Å². The molecule has 1 rings (SSSR count). The van der Waals surface area contributed by atoms with Crippen LogP contribution in [0.25, 0.3) is 0 Å². The first-order chi connectivity index (χ1) is 6.60. The van der Waals surface area contributed by atoms with Crippen molar-refractivity contribution in [2.45, 2.75) is 11.8 Å². The van der Waals surface area contributed by atoms with Gasteiger partial charge in [-0.2, -0.15) is 0 Å². The summed E-state index contributed by atoms with van der Waals surface area (Å²) in [6.45, 7) is 1.90. The molecule has 0 radical (unpaired) electrons. The van der Waals surface area contributed by atoms with Gasteiger partial charge < -0.3 is 9.47 Å². The van der Waals surface area contributed by atoms with Gasteiger partial charge in [-0.3, -0.25) is 4.21 Å².